The Morgan fingerprint density at radius 1 is 1.33 bits per heavy atom. The van der Waals surface area contributed by atoms with Crippen LogP contribution >= 0.6 is 0 Å². The third kappa shape index (κ3) is 4.33. The Morgan fingerprint density at radius 2 is 2.07 bits per heavy atom. The number of Topliss-reactive ketones (excluding diaryl/α,β-unsaturated/α-hetero) is 1. The van der Waals surface area contributed by atoms with Gasteiger partial charge in [-0.15, -0.1) is 0 Å². The summed E-state index contributed by atoms with van der Waals surface area (Å²) in [5.74, 6) is 0.793. The molecule has 0 radical (unpaired) electrons. The van der Waals surface area contributed by atoms with Crippen molar-refractivity contribution in [2.24, 2.45) is 5.92 Å². The molecule has 0 bridgehead atoms. The van der Waals surface area contributed by atoms with Crippen LogP contribution in [0.15, 0.2) is 0 Å². The fourth-order valence-electron chi connectivity index (χ4n) is 2.44. The van der Waals surface area contributed by atoms with Crippen LogP contribution in [0.5, 0.6) is 0 Å². The van der Waals surface area contributed by atoms with Crippen LogP contribution in [0.4, 0.5) is 0 Å². The second-order valence-corrected chi connectivity index (χ2v) is 4.67. The lowest BCUT2D eigenvalue weighted by Crippen LogP contribution is -2.34. The van der Waals surface area contributed by atoms with E-state index >= 15 is 0 Å². The van der Waals surface area contributed by atoms with E-state index in [0.29, 0.717) is 17.7 Å². The smallest absolute Gasteiger partial charge is 0.136 e. The van der Waals surface area contributed by atoms with Gasteiger partial charge in [0.1, 0.15) is 5.78 Å². The average molecular weight is 211 g/mol. The van der Waals surface area contributed by atoms with Crippen LogP contribution in [0.1, 0.15) is 58.8 Å². The zero-order valence-corrected chi connectivity index (χ0v) is 10.2. The third-order valence-electron chi connectivity index (χ3n) is 3.59. The van der Waals surface area contributed by atoms with E-state index in [4.69, 9.17) is 0 Å². The van der Waals surface area contributed by atoms with Gasteiger partial charge in [0.25, 0.3) is 0 Å². The number of hydrogen-bond donors (Lipinski definition) is 1. The number of hydrogen-bond acceptors (Lipinski definition) is 2. The fourth-order valence-corrected chi connectivity index (χ4v) is 2.44. The Balaban J connectivity index is 2.20. The van der Waals surface area contributed by atoms with Crippen molar-refractivity contribution in [3.63, 3.8) is 0 Å². The highest BCUT2D eigenvalue weighted by Gasteiger charge is 2.17. The number of carbonyl (C=O) groups is 1. The maximum Gasteiger partial charge on any atom is 0.136 e. The molecule has 1 aliphatic heterocycles. The maximum absolute atomic E-state index is 11.8. The molecule has 2 nitrogen and oxygen atoms in total. The van der Waals surface area contributed by atoms with Gasteiger partial charge in [0, 0.05) is 18.4 Å². The highest BCUT2D eigenvalue weighted by molar-refractivity contribution is 5.80. The van der Waals surface area contributed by atoms with Crippen molar-refractivity contribution in [3.8, 4) is 0 Å². The minimum atomic E-state index is 0.314. The third-order valence-corrected chi connectivity index (χ3v) is 3.59. The molecule has 1 unspecified atom stereocenters. The van der Waals surface area contributed by atoms with Crippen LogP contribution in [-0.2, 0) is 4.79 Å². The molecular weight excluding hydrogens is 186 g/mol. The molecule has 0 aromatic carbocycles. The maximum atomic E-state index is 11.8. The Morgan fingerprint density at radius 3 is 2.60 bits per heavy atom. The van der Waals surface area contributed by atoms with Crippen LogP contribution in [0.2, 0.25) is 0 Å². The number of rotatable bonds is 6. The minimum absolute atomic E-state index is 0.314. The lowest BCUT2D eigenvalue weighted by Gasteiger charge is -2.23. The van der Waals surface area contributed by atoms with E-state index in [9.17, 15) is 4.79 Å². The van der Waals surface area contributed by atoms with E-state index in [0.717, 1.165) is 32.2 Å². The first kappa shape index (κ1) is 12.7. The first-order chi connectivity index (χ1) is 7.27. The number of piperidine rings is 1. The van der Waals surface area contributed by atoms with E-state index in [2.05, 4.69) is 19.2 Å². The van der Waals surface area contributed by atoms with Gasteiger partial charge in [0.15, 0.2) is 0 Å². The van der Waals surface area contributed by atoms with E-state index in [1.807, 2.05) is 0 Å². The molecular formula is C13H25NO. The van der Waals surface area contributed by atoms with Gasteiger partial charge in [0.05, 0.1) is 0 Å². The highest BCUT2D eigenvalue weighted by Crippen LogP contribution is 2.16. The fraction of sp³-hybridized carbons (Fsp3) is 0.923. The van der Waals surface area contributed by atoms with Crippen LogP contribution in [-0.4, -0.2) is 18.4 Å². The van der Waals surface area contributed by atoms with Gasteiger partial charge in [-0.05, 0) is 38.6 Å². The van der Waals surface area contributed by atoms with Gasteiger partial charge < -0.3 is 5.32 Å². The summed E-state index contributed by atoms with van der Waals surface area (Å²) in [5, 5.41) is 3.50. The first-order valence-electron chi connectivity index (χ1n) is 6.54. The molecule has 1 rings (SSSR count). The van der Waals surface area contributed by atoms with Crippen molar-refractivity contribution in [3.05, 3.63) is 0 Å². The molecule has 0 spiro atoms. The summed E-state index contributed by atoms with van der Waals surface area (Å²) in [5.41, 5.74) is 0. The van der Waals surface area contributed by atoms with Crippen molar-refractivity contribution in [1.82, 2.24) is 5.32 Å². The molecule has 1 saturated heterocycles. The summed E-state index contributed by atoms with van der Waals surface area (Å²) in [7, 11) is 0. The standard InChI is InChI=1S/C13H25NO/c1-3-11(4-2)13(15)9-8-12-7-5-6-10-14-12/h11-12,14H,3-10H2,1-2H3. The van der Waals surface area contributed by atoms with Crippen molar-refractivity contribution in [1.29, 1.82) is 0 Å². The van der Waals surface area contributed by atoms with Gasteiger partial charge in [0.2, 0.25) is 0 Å². The largest absolute Gasteiger partial charge is 0.314 e. The summed E-state index contributed by atoms with van der Waals surface area (Å²) >= 11 is 0. The van der Waals surface area contributed by atoms with E-state index in [1.165, 1.54) is 19.3 Å². The molecule has 2 heteroatoms. The van der Waals surface area contributed by atoms with Gasteiger partial charge in [-0.3, -0.25) is 4.79 Å². The Labute approximate surface area is 93.8 Å². The second-order valence-electron chi connectivity index (χ2n) is 4.67. The second kappa shape index (κ2) is 7.00. The van der Waals surface area contributed by atoms with Crippen LogP contribution in [0.3, 0.4) is 0 Å². The number of nitrogens with one attached hydrogen (secondary N) is 1. The minimum Gasteiger partial charge on any atom is -0.314 e. The zero-order chi connectivity index (χ0) is 11.1. The molecule has 0 aromatic rings. The van der Waals surface area contributed by atoms with Crippen molar-refractivity contribution in [2.45, 2.75) is 64.8 Å². The van der Waals surface area contributed by atoms with Crippen molar-refractivity contribution < 1.29 is 4.79 Å². The Bertz CT molecular complexity index is 181. The van der Waals surface area contributed by atoms with E-state index < -0.39 is 0 Å². The molecule has 1 N–H and O–H groups in total. The molecule has 1 atom stereocenters. The number of carbonyl (C=O) groups excluding carboxylic acids is 1. The zero-order valence-electron chi connectivity index (χ0n) is 10.2. The van der Waals surface area contributed by atoms with Gasteiger partial charge in [-0.2, -0.15) is 0 Å². The van der Waals surface area contributed by atoms with E-state index in [-0.39, 0.29) is 0 Å². The molecule has 1 heterocycles. The highest BCUT2D eigenvalue weighted by atomic mass is 16.1. The molecule has 15 heavy (non-hydrogen) atoms. The quantitative estimate of drug-likeness (QED) is 0.732. The first-order valence-corrected chi connectivity index (χ1v) is 6.54. The Kier molecular flexibility index (Phi) is 5.92. The van der Waals surface area contributed by atoms with Crippen LogP contribution < -0.4 is 5.32 Å². The summed E-state index contributed by atoms with van der Waals surface area (Å²) in [6.45, 7) is 5.37. The molecule has 1 fully saturated rings. The predicted molar refractivity (Wildman–Crippen MR) is 64.0 cm³/mol. The SMILES string of the molecule is CCC(CC)C(=O)CCC1CCCCN1. The summed E-state index contributed by atoms with van der Waals surface area (Å²) in [4.78, 5) is 11.8. The number of ketones is 1. The normalized spacial score (nSPS) is 21.9. The molecule has 0 saturated carbocycles. The topological polar surface area (TPSA) is 29.1 Å². The molecule has 88 valence electrons. The molecule has 0 aromatic heterocycles. The summed E-state index contributed by atoms with van der Waals surface area (Å²) in [6, 6.07) is 0.608. The molecule has 0 aliphatic carbocycles. The Hall–Kier alpha value is -0.370. The van der Waals surface area contributed by atoms with Crippen molar-refractivity contribution in [2.75, 3.05) is 6.54 Å². The van der Waals surface area contributed by atoms with Gasteiger partial charge >= 0.3 is 0 Å². The van der Waals surface area contributed by atoms with Gasteiger partial charge in [-0.25, -0.2) is 0 Å². The molecule has 0 amide bonds. The summed E-state index contributed by atoms with van der Waals surface area (Å²) in [6.07, 6.45) is 7.74. The van der Waals surface area contributed by atoms with Gasteiger partial charge in [-0.1, -0.05) is 20.3 Å². The van der Waals surface area contributed by atoms with E-state index in [1.54, 1.807) is 0 Å². The van der Waals surface area contributed by atoms with Crippen LogP contribution in [0, 0.1) is 5.92 Å². The van der Waals surface area contributed by atoms with Crippen LogP contribution in [0.25, 0.3) is 0 Å². The lowest BCUT2D eigenvalue weighted by molar-refractivity contribution is -0.123. The summed E-state index contributed by atoms with van der Waals surface area (Å²) < 4.78 is 0. The average Bonchev–Trinajstić information content (AvgIpc) is 2.29. The predicted octanol–water partition coefficient (Wildman–Crippen LogP) is 2.91. The van der Waals surface area contributed by atoms with Crippen molar-refractivity contribution >= 4 is 5.78 Å². The monoisotopic (exact) mass is 211 g/mol. The molecule has 1 aliphatic rings. The lowest BCUT2D eigenvalue weighted by atomic mass is 9.92.